The maximum atomic E-state index is 13.0. The quantitative estimate of drug-likeness (QED) is 0.600. The molecule has 0 atom stereocenters. The Hall–Kier alpha value is -3.25. The van der Waals surface area contributed by atoms with Gasteiger partial charge < -0.3 is 15.5 Å². The van der Waals surface area contributed by atoms with Gasteiger partial charge in [0.2, 0.25) is 5.91 Å². The zero-order chi connectivity index (χ0) is 20.8. The van der Waals surface area contributed by atoms with Crippen molar-refractivity contribution in [3.05, 3.63) is 84.4 Å². The number of carbonyl (C=O) groups excluding carboxylic acids is 2. The van der Waals surface area contributed by atoms with Gasteiger partial charge in [0.05, 0.1) is 5.69 Å². The van der Waals surface area contributed by atoms with E-state index in [0.717, 1.165) is 22.0 Å². The number of carbonyl (C=O) groups is 2. The lowest BCUT2D eigenvalue weighted by atomic mass is 10.1. The molecule has 2 amide bonds. The summed E-state index contributed by atoms with van der Waals surface area (Å²) in [7, 11) is 0. The minimum Gasteiger partial charge on any atom is -0.385 e. The highest BCUT2D eigenvalue weighted by molar-refractivity contribution is 7.99. The van der Waals surface area contributed by atoms with E-state index in [1.807, 2.05) is 78.9 Å². The van der Waals surface area contributed by atoms with E-state index in [9.17, 15) is 9.59 Å². The number of benzene rings is 3. The van der Waals surface area contributed by atoms with Crippen LogP contribution < -0.4 is 15.5 Å². The average Bonchev–Trinajstić information content (AvgIpc) is 2.79. The Labute approximate surface area is 180 Å². The van der Waals surface area contributed by atoms with Gasteiger partial charge in [-0.25, -0.2) is 0 Å². The first kappa shape index (κ1) is 20.0. The number of rotatable bonds is 6. The molecule has 3 aromatic rings. The van der Waals surface area contributed by atoms with Crippen molar-refractivity contribution in [1.29, 1.82) is 0 Å². The minimum atomic E-state index is -0.0669. The van der Waals surface area contributed by atoms with Crippen molar-refractivity contribution in [1.82, 2.24) is 0 Å². The largest absolute Gasteiger partial charge is 0.385 e. The summed E-state index contributed by atoms with van der Waals surface area (Å²) in [5.74, 6) is 0.762. The second-order valence-corrected chi connectivity index (χ2v) is 8.08. The van der Waals surface area contributed by atoms with Crippen LogP contribution in [0.25, 0.3) is 0 Å². The third kappa shape index (κ3) is 4.83. The number of hydrogen-bond donors (Lipinski definition) is 2. The number of thioether (sulfide) groups is 1. The molecule has 0 aromatic heterocycles. The highest BCUT2D eigenvalue weighted by atomic mass is 32.2. The van der Waals surface area contributed by atoms with Crippen molar-refractivity contribution in [3.63, 3.8) is 0 Å². The van der Waals surface area contributed by atoms with Crippen LogP contribution in [0.4, 0.5) is 17.1 Å². The highest BCUT2D eigenvalue weighted by Gasteiger charge is 2.24. The van der Waals surface area contributed by atoms with Gasteiger partial charge in [0.15, 0.2) is 0 Å². The SMILES string of the molecule is O=C(CCNc1ccccc1)Nc1ccc2c(c1)N(C(=O)c1ccccc1)CCS2. The summed E-state index contributed by atoms with van der Waals surface area (Å²) in [4.78, 5) is 28.2. The van der Waals surface area contributed by atoms with Crippen molar-refractivity contribution >= 4 is 40.6 Å². The smallest absolute Gasteiger partial charge is 0.258 e. The molecule has 1 aliphatic rings. The van der Waals surface area contributed by atoms with Crippen LogP contribution in [-0.2, 0) is 4.79 Å². The predicted octanol–water partition coefficient (Wildman–Crippen LogP) is 4.88. The Morgan fingerprint density at radius 2 is 1.63 bits per heavy atom. The van der Waals surface area contributed by atoms with E-state index in [-0.39, 0.29) is 11.8 Å². The van der Waals surface area contributed by atoms with Gasteiger partial charge >= 0.3 is 0 Å². The van der Waals surface area contributed by atoms with Crippen LogP contribution in [0.5, 0.6) is 0 Å². The zero-order valence-electron chi connectivity index (χ0n) is 16.5. The highest BCUT2D eigenvalue weighted by Crippen LogP contribution is 2.37. The van der Waals surface area contributed by atoms with Gasteiger partial charge in [-0.1, -0.05) is 36.4 Å². The van der Waals surface area contributed by atoms with Gasteiger partial charge in [-0.2, -0.15) is 0 Å². The fourth-order valence-corrected chi connectivity index (χ4v) is 4.32. The van der Waals surface area contributed by atoms with Crippen LogP contribution >= 0.6 is 11.8 Å². The van der Waals surface area contributed by atoms with Crippen LogP contribution in [0.3, 0.4) is 0 Å². The first-order valence-corrected chi connectivity index (χ1v) is 10.9. The number of para-hydroxylation sites is 1. The molecule has 1 aliphatic heterocycles. The van der Waals surface area contributed by atoms with E-state index in [0.29, 0.717) is 30.8 Å². The summed E-state index contributed by atoms with van der Waals surface area (Å²) in [6.07, 6.45) is 0.355. The zero-order valence-corrected chi connectivity index (χ0v) is 17.3. The Morgan fingerprint density at radius 3 is 2.40 bits per heavy atom. The summed E-state index contributed by atoms with van der Waals surface area (Å²) in [6, 6.07) is 24.9. The van der Waals surface area contributed by atoms with Crippen LogP contribution in [-0.4, -0.2) is 30.7 Å². The molecule has 30 heavy (non-hydrogen) atoms. The molecule has 5 nitrogen and oxygen atoms in total. The van der Waals surface area contributed by atoms with E-state index >= 15 is 0 Å². The fourth-order valence-electron chi connectivity index (χ4n) is 3.34. The Balaban J connectivity index is 1.42. The summed E-state index contributed by atoms with van der Waals surface area (Å²) < 4.78 is 0. The molecule has 0 aliphatic carbocycles. The van der Waals surface area contributed by atoms with Crippen molar-refractivity contribution in [3.8, 4) is 0 Å². The number of fused-ring (bicyclic) bond motifs is 1. The van der Waals surface area contributed by atoms with Crippen molar-refractivity contribution in [2.24, 2.45) is 0 Å². The maximum Gasteiger partial charge on any atom is 0.258 e. The summed E-state index contributed by atoms with van der Waals surface area (Å²) in [5.41, 5.74) is 3.20. The van der Waals surface area contributed by atoms with Crippen LogP contribution in [0, 0.1) is 0 Å². The standard InChI is InChI=1S/C24H23N3O2S/c28-23(13-14-25-19-9-5-2-6-10-19)26-20-11-12-22-21(17-20)27(15-16-30-22)24(29)18-7-3-1-4-8-18/h1-12,17,25H,13-16H2,(H,26,28). The molecule has 152 valence electrons. The lowest BCUT2D eigenvalue weighted by Crippen LogP contribution is -2.35. The molecule has 0 radical (unpaired) electrons. The van der Waals surface area contributed by atoms with Crippen molar-refractivity contribution in [2.75, 3.05) is 34.4 Å². The number of anilines is 3. The first-order valence-electron chi connectivity index (χ1n) is 9.93. The van der Waals surface area contributed by atoms with Crippen molar-refractivity contribution in [2.45, 2.75) is 11.3 Å². The molecule has 0 saturated carbocycles. The maximum absolute atomic E-state index is 13.0. The molecular formula is C24H23N3O2S. The molecule has 6 heteroatoms. The molecule has 0 saturated heterocycles. The molecule has 1 heterocycles. The average molecular weight is 418 g/mol. The normalized spacial score (nSPS) is 12.7. The summed E-state index contributed by atoms with van der Waals surface area (Å²) in [5, 5.41) is 6.19. The van der Waals surface area contributed by atoms with Gasteiger partial charge in [-0.15, -0.1) is 11.8 Å². The Morgan fingerprint density at radius 1 is 0.900 bits per heavy atom. The number of hydrogen-bond acceptors (Lipinski definition) is 4. The van der Waals surface area contributed by atoms with Crippen LogP contribution in [0.2, 0.25) is 0 Å². The van der Waals surface area contributed by atoms with E-state index in [1.54, 1.807) is 16.7 Å². The second-order valence-electron chi connectivity index (χ2n) is 6.94. The number of nitrogens with one attached hydrogen (secondary N) is 2. The molecule has 3 aromatic carbocycles. The number of nitrogens with zero attached hydrogens (tertiary/aromatic N) is 1. The second kappa shape index (κ2) is 9.50. The molecule has 0 fully saturated rings. The molecule has 0 bridgehead atoms. The summed E-state index contributed by atoms with van der Waals surface area (Å²) in [6.45, 7) is 1.19. The number of amides is 2. The van der Waals surface area contributed by atoms with E-state index < -0.39 is 0 Å². The van der Waals surface area contributed by atoms with Crippen molar-refractivity contribution < 1.29 is 9.59 Å². The Bertz CT molecular complexity index is 1030. The third-order valence-corrected chi connectivity index (χ3v) is 5.87. The summed E-state index contributed by atoms with van der Waals surface area (Å²) >= 11 is 1.73. The van der Waals surface area contributed by atoms with E-state index in [4.69, 9.17) is 0 Å². The molecular weight excluding hydrogens is 394 g/mol. The monoisotopic (exact) mass is 417 g/mol. The predicted molar refractivity (Wildman–Crippen MR) is 123 cm³/mol. The molecule has 0 spiro atoms. The van der Waals surface area contributed by atoms with Crippen LogP contribution in [0.15, 0.2) is 83.8 Å². The molecule has 4 rings (SSSR count). The van der Waals surface area contributed by atoms with Gasteiger partial charge in [-0.05, 0) is 42.5 Å². The molecule has 2 N–H and O–H groups in total. The lowest BCUT2D eigenvalue weighted by Gasteiger charge is -2.29. The van der Waals surface area contributed by atoms with Crippen LogP contribution in [0.1, 0.15) is 16.8 Å². The van der Waals surface area contributed by atoms with E-state index in [2.05, 4.69) is 10.6 Å². The van der Waals surface area contributed by atoms with E-state index in [1.165, 1.54) is 0 Å². The molecule has 0 unspecified atom stereocenters. The lowest BCUT2D eigenvalue weighted by molar-refractivity contribution is -0.115. The first-order chi connectivity index (χ1) is 14.7. The van der Waals surface area contributed by atoms with Gasteiger partial charge in [0.1, 0.15) is 0 Å². The topological polar surface area (TPSA) is 61.4 Å². The van der Waals surface area contributed by atoms with Gasteiger partial charge in [0.25, 0.3) is 5.91 Å². The third-order valence-electron chi connectivity index (χ3n) is 4.83. The van der Waals surface area contributed by atoms with Gasteiger partial charge in [0, 0.05) is 47.1 Å². The fraction of sp³-hybridized carbons (Fsp3) is 0.167. The van der Waals surface area contributed by atoms with Gasteiger partial charge in [-0.3, -0.25) is 9.59 Å². The Kier molecular flexibility index (Phi) is 6.35. The minimum absolute atomic E-state index is 0.0207.